The van der Waals surface area contributed by atoms with Crippen LogP contribution in [0.2, 0.25) is 5.02 Å². The Kier molecular flexibility index (Phi) is 5.14. The molecule has 1 aliphatic carbocycles. The quantitative estimate of drug-likeness (QED) is 0.452. The average molecular weight is 463 g/mol. The highest BCUT2D eigenvalue weighted by Gasteiger charge is 2.28. The topological polar surface area (TPSA) is 49.6 Å². The minimum atomic E-state index is -0.165. The smallest absolute Gasteiger partial charge is 0.254 e. The second-order valence-corrected chi connectivity index (χ2v) is 9.12. The van der Waals surface area contributed by atoms with E-state index in [2.05, 4.69) is 9.80 Å². The largest absolute Gasteiger partial charge is 0.366 e. The highest BCUT2D eigenvalue weighted by molar-refractivity contribution is 6.30. The number of hydrogen-bond donors (Lipinski definition) is 0. The molecule has 1 fully saturated rings. The molecular formula is C25H24ClFN6. The molecule has 1 aliphatic heterocycles. The fraction of sp³-hybridized carbons (Fsp3) is 0.320. The van der Waals surface area contributed by atoms with E-state index in [9.17, 15) is 4.39 Å². The van der Waals surface area contributed by atoms with E-state index in [0.717, 1.165) is 73.4 Å². The summed E-state index contributed by atoms with van der Waals surface area (Å²) in [4.78, 5) is 14.1. The molecular weight excluding hydrogens is 439 g/mol. The van der Waals surface area contributed by atoms with Gasteiger partial charge in [-0.25, -0.2) is 9.37 Å². The number of aryl methyl sites for hydroxylation is 1. The number of hydrogen-bond acceptors (Lipinski definition) is 5. The molecule has 6 nitrogen and oxygen atoms in total. The molecule has 168 valence electrons. The van der Waals surface area contributed by atoms with E-state index < -0.39 is 0 Å². The van der Waals surface area contributed by atoms with Crippen molar-refractivity contribution in [3.63, 3.8) is 0 Å². The van der Waals surface area contributed by atoms with Crippen LogP contribution in [0.5, 0.6) is 0 Å². The maximum absolute atomic E-state index is 14.3. The Morgan fingerprint density at radius 2 is 1.64 bits per heavy atom. The molecule has 8 heteroatoms. The summed E-state index contributed by atoms with van der Waals surface area (Å²) in [6.45, 7) is 3.11. The van der Waals surface area contributed by atoms with Gasteiger partial charge in [-0.1, -0.05) is 35.9 Å². The Labute approximate surface area is 196 Å². The third-order valence-corrected chi connectivity index (χ3v) is 6.83. The van der Waals surface area contributed by atoms with E-state index >= 15 is 0 Å². The Hall–Kier alpha value is -3.19. The molecule has 1 saturated heterocycles. The maximum atomic E-state index is 14.3. The molecule has 4 aromatic rings. The van der Waals surface area contributed by atoms with Gasteiger partial charge < -0.3 is 9.80 Å². The van der Waals surface area contributed by atoms with Crippen LogP contribution in [0.1, 0.15) is 29.1 Å². The first-order valence-electron chi connectivity index (χ1n) is 11.4. The van der Waals surface area contributed by atoms with E-state index in [1.165, 1.54) is 11.6 Å². The van der Waals surface area contributed by atoms with Crippen molar-refractivity contribution in [2.45, 2.75) is 25.7 Å². The van der Waals surface area contributed by atoms with Crippen LogP contribution in [-0.4, -0.2) is 45.8 Å². The van der Waals surface area contributed by atoms with Crippen molar-refractivity contribution < 1.29 is 4.39 Å². The zero-order valence-corrected chi connectivity index (χ0v) is 19.0. The maximum Gasteiger partial charge on any atom is 0.254 e. The van der Waals surface area contributed by atoms with Gasteiger partial charge in [0.1, 0.15) is 11.6 Å². The molecule has 0 radical (unpaired) electrons. The number of piperazine rings is 1. The van der Waals surface area contributed by atoms with E-state index in [1.807, 2.05) is 40.9 Å². The lowest BCUT2D eigenvalue weighted by atomic mass is 10.1. The molecule has 0 amide bonds. The number of para-hydroxylation sites is 1. The molecule has 2 aromatic carbocycles. The van der Waals surface area contributed by atoms with Crippen LogP contribution >= 0.6 is 11.6 Å². The molecule has 0 atom stereocenters. The number of rotatable bonds is 4. The van der Waals surface area contributed by atoms with E-state index in [4.69, 9.17) is 26.7 Å². The number of fused-ring (bicyclic) bond motifs is 2. The van der Waals surface area contributed by atoms with Crippen LogP contribution in [0, 0.1) is 5.82 Å². The SMILES string of the molecule is Fc1ccccc1N1CCN(c2c3c(nc4nc(Cc5ccc(Cl)cc5)nn24)CCC3)CC1. The predicted octanol–water partition coefficient (Wildman–Crippen LogP) is 4.32. The Morgan fingerprint density at radius 3 is 2.42 bits per heavy atom. The Balaban J connectivity index is 1.31. The summed E-state index contributed by atoms with van der Waals surface area (Å²) in [5, 5.41) is 5.59. The summed E-state index contributed by atoms with van der Waals surface area (Å²) in [6.07, 6.45) is 3.72. The van der Waals surface area contributed by atoms with Crippen LogP contribution < -0.4 is 9.80 Å². The fourth-order valence-electron chi connectivity index (χ4n) is 4.95. The van der Waals surface area contributed by atoms with Crippen LogP contribution in [0.15, 0.2) is 48.5 Å². The zero-order valence-electron chi connectivity index (χ0n) is 18.2. The molecule has 3 heterocycles. The number of halogens is 2. The van der Waals surface area contributed by atoms with Gasteiger partial charge in [0.2, 0.25) is 0 Å². The lowest BCUT2D eigenvalue weighted by molar-refractivity contribution is 0.592. The van der Waals surface area contributed by atoms with Crippen molar-refractivity contribution in [2.75, 3.05) is 36.0 Å². The average Bonchev–Trinajstić information content (AvgIpc) is 3.45. The summed E-state index contributed by atoms with van der Waals surface area (Å²) in [6, 6.07) is 14.8. The first-order chi connectivity index (χ1) is 16.2. The molecule has 33 heavy (non-hydrogen) atoms. The van der Waals surface area contributed by atoms with Crippen molar-refractivity contribution in [2.24, 2.45) is 0 Å². The number of benzene rings is 2. The summed E-state index contributed by atoms with van der Waals surface area (Å²) >= 11 is 6.03. The van der Waals surface area contributed by atoms with Gasteiger partial charge in [0.05, 0.1) is 11.4 Å². The van der Waals surface area contributed by atoms with Gasteiger partial charge in [0, 0.05) is 43.2 Å². The summed E-state index contributed by atoms with van der Waals surface area (Å²) < 4.78 is 16.2. The summed E-state index contributed by atoms with van der Waals surface area (Å²) in [5.41, 5.74) is 4.21. The van der Waals surface area contributed by atoms with Gasteiger partial charge in [0.25, 0.3) is 5.78 Å². The second kappa shape index (κ2) is 8.30. The van der Waals surface area contributed by atoms with Gasteiger partial charge in [-0.05, 0) is 49.1 Å². The number of aromatic nitrogens is 4. The van der Waals surface area contributed by atoms with Crippen LogP contribution in [0.3, 0.4) is 0 Å². The summed E-state index contributed by atoms with van der Waals surface area (Å²) in [5.74, 6) is 2.35. The minimum absolute atomic E-state index is 0.165. The predicted molar refractivity (Wildman–Crippen MR) is 128 cm³/mol. The van der Waals surface area contributed by atoms with Crippen molar-refractivity contribution in [3.8, 4) is 0 Å². The van der Waals surface area contributed by atoms with Crippen LogP contribution in [0.25, 0.3) is 5.78 Å². The third-order valence-electron chi connectivity index (χ3n) is 6.58. The summed E-state index contributed by atoms with van der Waals surface area (Å²) in [7, 11) is 0. The van der Waals surface area contributed by atoms with Gasteiger partial charge in [-0.2, -0.15) is 9.50 Å². The third kappa shape index (κ3) is 3.80. The van der Waals surface area contributed by atoms with Gasteiger partial charge >= 0.3 is 0 Å². The van der Waals surface area contributed by atoms with Gasteiger partial charge in [-0.15, -0.1) is 5.10 Å². The van der Waals surface area contributed by atoms with E-state index in [-0.39, 0.29) is 5.82 Å². The van der Waals surface area contributed by atoms with Gasteiger partial charge in [-0.3, -0.25) is 0 Å². The van der Waals surface area contributed by atoms with Crippen molar-refractivity contribution in [3.05, 3.63) is 82.0 Å². The van der Waals surface area contributed by atoms with E-state index in [1.54, 1.807) is 6.07 Å². The molecule has 6 rings (SSSR count). The van der Waals surface area contributed by atoms with Crippen molar-refractivity contribution >= 4 is 28.9 Å². The van der Waals surface area contributed by atoms with Crippen LogP contribution in [-0.2, 0) is 19.3 Å². The first-order valence-corrected chi connectivity index (χ1v) is 11.8. The van der Waals surface area contributed by atoms with Crippen molar-refractivity contribution in [1.29, 1.82) is 0 Å². The first kappa shape index (κ1) is 20.4. The standard InChI is InChI=1S/C25H24ClFN6/c26-18-10-8-17(9-11-18)16-23-29-25-28-21-6-3-4-19(21)24(33(25)30-23)32-14-12-31(13-15-32)22-7-2-1-5-20(22)27/h1-2,5,7-11H,3-4,6,12-16H2. The second-order valence-electron chi connectivity index (χ2n) is 8.68. The van der Waals surface area contributed by atoms with Crippen molar-refractivity contribution in [1.82, 2.24) is 19.6 Å². The molecule has 0 spiro atoms. The molecule has 2 aliphatic rings. The number of anilines is 2. The molecule has 0 bridgehead atoms. The highest BCUT2D eigenvalue weighted by Crippen LogP contribution is 2.32. The molecule has 2 aromatic heterocycles. The molecule has 0 unspecified atom stereocenters. The number of nitrogens with zero attached hydrogens (tertiary/aromatic N) is 6. The normalized spacial score (nSPS) is 15.9. The fourth-order valence-corrected chi connectivity index (χ4v) is 5.08. The Morgan fingerprint density at radius 1 is 0.879 bits per heavy atom. The Bertz CT molecular complexity index is 1310. The zero-order chi connectivity index (χ0) is 22.4. The van der Waals surface area contributed by atoms with E-state index in [0.29, 0.717) is 17.9 Å². The highest BCUT2D eigenvalue weighted by atomic mass is 35.5. The molecule has 0 saturated carbocycles. The molecule has 0 N–H and O–H groups in total. The minimum Gasteiger partial charge on any atom is -0.366 e. The van der Waals surface area contributed by atoms with Gasteiger partial charge in [0.15, 0.2) is 5.82 Å². The van der Waals surface area contributed by atoms with Crippen LogP contribution in [0.4, 0.5) is 15.9 Å². The lowest BCUT2D eigenvalue weighted by Crippen LogP contribution is -2.47. The lowest BCUT2D eigenvalue weighted by Gasteiger charge is -2.38. The monoisotopic (exact) mass is 462 g/mol.